The van der Waals surface area contributed by atoms with Crippen LogP contribution in [-0.2, 0) is 4.79 Å². The molecule has 0 aromatic heterocycles. The Hall–Kier alpha value is -1.26. The molecule has 0 atom stereocenters. The van der Waals surface area contributed by atoms with Crippen molar-refractivity contribution in [1.82, 2.24) is 5.32 Å². The number of rotatable bonds is 9. The average Bonchev–Trinajstić information content (AvgIpc) is 3.36. The van der Waals surface area contributed by atoms with Crippen molar-refractivity contribution in [2.24, 2.45) is 27.6 Å². The van der Waals surface area contributed by atoms with Crippen molar-refractivity contribution in [3.8, 4) is 0 Å². The van der Waals surface area contributed by atoms with Gasteiger partial charge in [0.25, 0.3) is 0 Å². The van der Waals surface area contributed by atoms with Crippen LogP contribution in [0.5, 0.6) is 0 Å². The van der Waals surface area contributed by atoms with Crippen LogP contribution < -0.4 is 11.1 Å². The highest BCUT2D eigenvalue weighted by atomic mass is 16.4. The number of oxime groups is 1. The maximum absolute atomic E-state index is 12.8. The summed E-state index contributed by atoms with van der Waals surface area (Å²) < 4.78 is 0. The Morgan fingerprint density at radius 3 is 2.29 bits per heavy atom. The first-order valence-corrected chi connectivity index (χ1v) is 8.31. The van der Waals surface area contributed by atoms with Crippen LogP contribution in [0.4, 0.5) is 0 Å². The molecule has 2 fully saturated rings. The van der Waals surface area contributed by atoms with Gasteiger partial charge in [0.2, 0.25) is 5.91 Å². The van der Waals surface area contributed by atoms with Gasteiger partial charge in [-0.05, 0) is 49.9 Å². The summed E-state index contributed by atoms with van der Waals surface area (Å²) in [5.74, 6) is 0.807. The molecule has 120 valence electrons. The molecule has 0 radical (unpaired) electrons. The van der Waals surface area contributed by atoms with Crippen LogP contribution >= 0.6 is 0 Å². The molecule has 0 bridgehead atoms. The lowest BCUT2D eigenvalue weighted by Crippen LogP contribution is -2.51. The minimum atomic E-state index is -0.849. The summed E-state index contributed by atoms with van der Waals surface area (Å²) in [7, 11) is 0. The van der Waals surface area contributed by atoms with Crippen molar-refractivity contribution in [2.45, 2.75) is 65.2 Å². The van der Waals surface area contributed by atoms with Crippen molar-refractivity contribution in [3.63, 3.8) is 0 Å². The van der Waals surface area contributed by atoms with E-state index in [4.69, 9.17) is 10.9 Å². The molecule has 2 saturated carbocycles. The highest BCUT2D eigenvalue weighted by Crippen LogP contribution is 2.60. The minimum absolute atomic E-state index is 0.0555. The monoisotopic (exact) mass is 295 g/mol. The van der Waals surface area contributed by atoms with E-state index in [0.29, 0.717) is 18.3 Å². The molecule has 21 heavy (non-hydrogen) atoms. The summed E-state index contributed by atoms with van der Waals surface area (Å²) in [6.07, 6.45) is 8.00. The Labute approximate surface area is 127 Å². The van der Waals surface area contributed by atoms with E-state index in [2.05, 4.69) is 10.5 Å². The standard InChI is InChI=1S/C16H29N3O2/c1-3-7-16(8-4-2,13(17)19-21)14(20)18-11-15(9-10-15)12-5-6-12/h12,21H,3-11H2,1-2H3,(H2,17,19)(H,18,20). The fraction of sp³-hybridized carbons (Fsp3) is 0.875. The van der Waals surface area contributed by atoms with Crippen LogP contribution in [0, 0.1) is 16.7 Å². The van der Waals surface area contributed by atoms with Gasteiger partial charge < -0.3 is 16.3 Å². The summed E-state index contributed by atoms with van der Waals surface area (Å²) in [4.78, 5) is 12.8. The first-order chi connectivity index (χ1) is 10.0. The number of nitrogens with one attached hydrogen (secondary N) is 1. The first-order valence-electron chi connectivity index (χ1n) is 8.31. The molecule has 4 N–H and O–H groups in total. The minimum Gasteiger partial charge on any atom is -0.409 e. The van der Waals surface area contributed by atoms with Gasteiger partial charge in [-0.2, -0.15) is 0 Å². The molecule has 0 spiro atoms. The van der Waals surface area contributed by atoms with Gasteiger partial charge in [-0.3, -0.25) is 4.79 Å². The van der Waals surface area contributed by atoms with Gasteiger partial charge in [0.15, 0.2) is 5.84 Å². The topological polar surface area (TPSA) is 87.7 Å². The molecule has 0 heterocycles. The Balaban J connectivity index is 2.05. The van der Waals surface area contributed by atoms with E-state index in [9.17, 15) is 4.79 Å². The molecule has 1 amide bonds. The fourth-order valence-corrected chi connectivity index (χ4v) is 3.68. The van der Waals surface area contributed by atoms with Crippen molar-refractivity contribution in [1.29, 1.82) is 0 Å². The maximum Gasteiger partial charge on any atom is 0.233 e. The van der Waals surface area contributed by atoms with Gasteiger partial charge in [0, 0.05) is 6.54 Å². The molecular formula is C16H29N3O2. The highest BCUT2D eigenvalue weighted by molar-refractivity contribution is 6.06. The van der Waals surface area contributed by atoms with E-state index in [1.165, 1.54) is 25.7 Å². The number of carbonyl (C=O) groups is 1. The van der Waals surface area contributed by atoms with Crippen molar-refractivity contribution >= 4 is 11.7 Å². The molecule has 0 aliphatic heterocycles. The number of hydrogen-bond donors (Lipinski definition) is 3. The zero-order chi connectivity index (χ0) is 15.5. The molecule has 5 nitrogen and oxygen atoms in total. The Morgan fingerprint density at radius 2 is 1.90 bits per heavy atom. The van der Waals surface area contributed by atoms with Crippen LogP contribution in [0.1, 0.15) is 65.2 Å². The van der Waals surface area contributed by atoms with Gasteiger partial charge in [-0.25, -0.2) is 0 Å². The SMILES string of the molecule is CCCC(CCC)(C(=O)NCC1(C2CC2)CC1)C(N)=NO. The zero-order valence-electron chi connectivity index (χ0n) is 13.3. The van der Waals surface area contributed by atoms with Crippen LogP contribution in [0.15, 0.2) is 5.16 Å². The van der Waals surface area contributed by atoms with E-state index in [1.54, 1.807) is 0 Å². The van der Waals surface area contributed by atoms with Crippen molar-refractivity contribution in [2.75, 3.05) is 6.54 Å². The lowest BCUT2D eigenvalue weighted by Gasteiger charge is -2.31. The van der Waals surface area contributed by atoms with Crippen molar-refractivity contribution < 1.29 is 10.0 Å². The number of hydrogen-bond acceptors (Lipinski definition) is 3. The largest absolute Gasteiger partial charge is 0.409 e. The van der Waals surface area contributed by atoms with Gasteiger partial charge in [-0.15, -0.1) is 0 Å². The Morgan fingerprint density at radius 1 is 1.33 bits per heavy atom. The van der Waals surface area contributed by atoms with Gasteiger partial charge in [0.1, 0.15) is 5.41 Å². The molecule has 0 unspecified atom stereocenters. The van der Waals surface area contributed by atoms with Crippen LogP contribution in [0.3, 0.4) is 0 Å². The quantitative estimate of drug-likeness (QED) is 0.264. The van der Waals surface area contributed by atoms with Gasteiger partial charge >= 0.3 is 0 Å². The van der Waals surface area contributed by atoms with E-state index in [1.807, 2.05) is 13.8 Å². The second kappa shape index (κ2) is 6.24. The van der Waals surface area contributed by atoms with Crippen molar-refractivity contribution in [3.05, 3.63) is 0 Å². The molecule has 5 heteroatoms. The third-order valence-corrected chi connectivity index (χ3v) is 5.32. The summed E-state index contributed by atoms with van der Waals surface area (Å²) in [5.41, 5.74) is 5.41. The number of nitrogens with zero attached hydrogens (tertiary/aromatic N) is 1. The summed E-state index contributed by atoms with van der Waals surface area (Å²) in [6.45, 7) is 4.80. The number of nitrogens with two attached hydrogens (primary N) is 1. The highest BCUT2D eigenvalue weighted by Gasteiger charge is 2.54. The predicted octanol–water partition coefficient (Wildman–Crippen LogP) is 2.63. The lowest BCUT2D eigenvalue weighted by molar-refractivity contribution is -0.128. The second-order valence-corrected chi connectivity index (χ2v) is 6.89. The number of amides is 1. The normalized spacial score (nSPS) is 21.1. The fourth-order valence-electron chi connectivity index (χ4n) is 3.68. The van der Waals surface area contributed by atoms with E-state index < -0.39 is 5.41 Å². The second-order valence-electron chi connectivity index (χ2n) is 6.89. The van der Waals surface area contributed by atoms with Crippen LogP contribution in [0.25, 0.3) is 0 Å². The molecule has 2 rings (SSSR count). The summed E-state index contributed by atoms with van der Waals surface area (Å²) in [5, 5.41) is 15.4. The zero-order valence-corrected chi connectivity index (χ0v) is 13.3. The predicted molar refractivity (Wildman–Crippen MR) is 83.1 cm³/mol. The van der Waals surface area contributed by atoms with Crippen LogP contribution in [0.2, 0.25) is 0 Å². The third-order valence-electron chi connectivity index (χ3n) is 5.32. The number of carbonyl (C=O) groups excluding carboxylic acids is 1. The Kier molecular flexibility index (Phi) is 4.79. The first kappa shape index (κ1) is 16.1. The maximum atomic E-state index is 12.8. The smallest absolute Gasteiger partial charge is 0.233 e. The third kappa shape index (κ3) is 3.16. The lowest BCUT2D eigenvalue weighted by atomic mass is 9.77. The molecule has 0 aromatic rings. The molecule has 0 saturated heterocycles. The van der Waals surface area contributed by atoms with E-state index in [-0.39, 0.29) is 11.7 Å². The molecule has 2 aliphatic carbocycles. The van der Waals surface area contributed by atoms with Gasteiger partial charge in [-0.1, -0.05) is 31.8 Å². The van der Waals surface area contributed by atoms with Crippen LogP contribution in [-0.4, -0.2) is 23.5 Å². The van der Waals surface area contributed by atoms with E-state index >= 15 is 0 Å². The summed E-state index contributed by atoms with van der Waals surface area (Å²) >= 11 is 0. The molecule has 0 aromatic carbocycles. The molecule has 2 aliphatic rings. The summed E-state index contributed by atoms with van der Waals surface area (Å²) in [6, 6.07) is 0. The average molecular weight is 295 g/mol. The van der Waals surface area contributed by atoms with Gasteiger partial charge in [0.05, 0.1) is 0 Å². The molecular weight excluding hydrogens is 266 g/mol. The number of amidine groups is 1. The van der Waals surface area contributed by atoms with E-state index in [0.717, 1.165) is 25.3 Å². The Bertz CT molecular complexity index is 406.